The number of nitrogens with one attached hydrogen (secondary N) is 2. The molecule has 0 fully saturated rings. The zero-order chi connectivity index (χ0) is 19.9. The molecule has 0 radical (unpaired) electrons. The van der Waals surface area contributed by atoms with Crippen LogP contribution in [0.3, 0.4) is 0 Å². The number of hydrogen-bond donors (Lipinski definition) is 2. The van der Waals surface area contributed by atoms with Gasteiger partial charge in [-0.2, -0.15) is 16.6 Å². The van der Waals surface area contributed by atoms with Crippen LogP contribution in [0.25, 0.3) is 6.08 Å². The summed E-state index contributed by atoms with van der Waals surface area (Å²) in [6, 6.07) is 4.17. The molecular formula is C20H21N3O3S2. The van der Waals surface area contributed by atoms with Crippen molar-refractivity contribution in [2.75, 3.05) is 18.5 Å². The van der Waals surface area contributed by atoms with Gasteiger partial charge in [0.2, 0.25) is 5.91 Å². The van der Waals surface area contributed by atoms with Gasteiger partial charge in [-0.05, 0) is 66.1 Å². The molecule has 2 heterocycles. The van der Waals surface area contributed by atoms with Crippen molar-refractivity contribution < 1.29 is 14.3 Å². The van der Waals surface area contributed by atoms with Crippen molar-refractivity contribution in [3.63, 3.8) is 0 Å². The second-order valence-corrected chi connectivity index (χ2v) is 8.32. The Hall–Kier alpha value is -2.63. The topological polar surface area (TPSA) is 91.2 Å². The summed E-state index contributed by atoms with van der Waals surface area (Å²) in [5.41, 5.74) is 2.54. The van der Waals surface area contributed by atoms with Crippen molar-refractivity contribution in [1.82, 2.24) is 5.32 Å². The van der Waals surface area contributed by atoms with Crippen LogP contribution in [-0.4, -0.2) is 25.2 Å². The second kappa shape index (κ2) is 9.53. The van der Waals surface area contributed by atoms with Gasteiger partial charge >= 0.3 is 6.09 Å². The number of fused-ring (bicyclic) bond motifs is 1. The van der Waals surface area contributed by atoms with Gasteiger partial charge in [0.15, 0.2) is 0 Å². The number of anilines is 1. The van der Waals surface area contributed by atoms with Gasteiger partial charge in [0.25, 0.3) is 0 Å². The number of nitrogens with zero attached hydrogens (tertiary/aromatic N) is 1. The van der Waals surface area contributed by atoms with Gasteiger partial charge in [0.1, 0.15) is 11.1 Å². The van der Waals surface area contributed by atoms with Gasteiger partial charge in [-0.15, -0.1) is 11.3 Å². The lowest BCUT2D eigenvalue weighted by Gasteiger charge is -2.21. The zero-order valence-corrected chi connectivity index (χ0v) is 17.1. The van der Waals surface area contributed by atoms with E-state index in [9.17, 15) is 14.9 Å². The van der Waals surface area contributed by atoms with Crippen molar-refractivity contribution in [2.45, 2.75) is 26.2 Å². The lowest BCUT2D eigenvalue weighted by Crippen LogP contribution is -2.27. The molecule has 28 heavy (non-hydrogen) atoms. The molecule has 0 saturated carbocycles. The predicted octanol–water partition coefficient (Wildman–Crippen LogP) is 4.18. The van der Waals surface area contributed by atoms with Crippen LogP contribution in [0.1, 0.15) is 34.9 Å². The third kappa shape index (κ3) is 5.00. The van der Waals surface area contributed by atoms with Crippen molar-refractivity contribution in [1.29, 1.82) is 5.26 Å². The van der Waals surface area contributed by atoms with Gasteiger partial charge in [-0.1, -0.05) is 0 Å². The molecule has 2 N–H and O–H groups in total. The fraction of sp³-hybridized carbons (Fsp3) is 0.350. The molecule has 1 aliphatic carbocycles. The quantitative estimate of drug-likeness (QED) is 0.692. The molecule has 0 aromatic carbocycles. The van der Waals surface area contributed by atoms with E-state index in [0.29, 0.717) is 23.7 Å². The van der Waals surface area contributed by atoms with E-state index < -0.39 is 6.09 Å². The largest absolute Gasteiger partial charge is 0.449 e. The number of rotatable bonds is 6. The molecule has 0 bridgehead atoms. The van der Waals surface area contributed by atoms with Crippen molar-refractivity contribution >= 4 is 45.8 Å². The minimum Gasteiger partial charge on any atom is -0.449 e. The van der Waals surface area contributed by atoms with E-state index >= 15 is 0 Å². The van der Waals surface area contributed by atoms with Crippen LogP contribution in [0.2, 0.25) is 0 Å². The number of carbonyl (C=O) groups is 2. The molecule has 146 valence electrons. The molecule has 1 unspecified atom stereocenters. The monoisotopic (exact) mass is 415 g/mol. The average molecular weight is 416 g/mol. The third-order valence-electron chi connectivity index (χ3n) is 4.46. The van der Waals surface area contributed by atoms with E-state index in [-0.39, 0.29) is 11.8 Å². The summed E-state index contributed by atoms with van der Waals surface area (Å²) in [7, 11) is 0. The smallest absolute Gasteiger partial charge is 0.407 e. The van der Waals surface area contributed by atoms with Crippen LogP contribution in [0, 0.1) is 17.2 Å². The average Bonchev–Trinajstić information content (AvgIpc) is 3.31. The summed E-state index contributed by atoms with van der Waals surface area (Å²) in [4.78, 5) is 24.8. The van der Waals surface area contributed by atoms with Gasteiger partial charge in [-0.25, -0.2) is 4.79 Å². The van der Waals surface area contributed by atoms with Crippen molar-refractivity contribution in [3.8, 4) is 6.07 Å². The fourth-order valence-electron chi connectivity index (χ4n) is 3.09. The highest BCUT2D eigenvalue weighted by molar-refractivity contribution is 7.16. The first-order valence-electron chi connectivity index (χ1n) is 9.07. The zero-order valence-electron chi connectivity index (χ0n) is 15.5. The molecule has 1 atom stereocenters. The summed E-state index contributed by atoms with van der Waals surface area (Å²) < 4.78 is 5.24. The third-order valence-corrected chi connectivity index (χ3v) is 6.33. The van der Waals surface area contributed by atoms with E-state index in [1.54, 1.807) is 17.4 Å². The van der Waals surface area contributed by atoms with Crippen molar-refractivity contribution in [2.24, 2.45) is 5.92 Å². The first-order chi connectivity index (χ1) is 13.6. The maximum absolute atomic E-state index is 12.2. The number of alkyl carbamates (subject to hydrolysis) is 1. The molecular weight excluding hydrogens is 394 g/mol. The maximum atomic E-state index is 12.2. The van der Waals surface area contributed by atoms with Crippen LogP contribution in [0.4, 0.5) is 9.80 Å². The first kappa shape index (κ1) is 20.1. The molecule has 8 heteroatoms. The highest BCUT2D eigenvalue weighted by Gasteiger charge is 2.27. The van der Waals surface area contributed by atoms with Crippen LogP contribution in [0.15, 0.2) is 22.9 Å². The molecule has 2 aromatic rings. The first-order valence-corrected chi connectivity index (χ1v) is 10.8. The predicted molar refractivity (Wildman–Crippen MR) is 112 cm³/mol. The Bertz CT molecular complexity index is 910. The van der Waals surface area contributed by atoms with Crippen LogP contribution in [-0.2, 0) is 22.4 Å². The number of thiophene rings is 2. The molecule has 3 rings (SSSR count). The highest BCUT2D eigenvalue weighted by Crippen LogP contribution is 2.39. The van der Waals surface area contributed by atoms with E-state index in [0.717, 1.165) is 35.3 Å². The number of amides is 2. The van der Waals surface area contributed by atoms with E-state index in [1.807, 2.05) is 23.8 Å². The summed E-state index contributed by atoms with van der Waals surface area (Å²) in [5, 5.41) is 19.5. The minimum atomic E-state index is -0.400. The van der Waals surface area contributed by atoms with E-state index in [4.69, 9.17) is 4.74 Å². The Morgan fingerprint density at radius 1 is 1.46 bits per heavy atom. The van der Waals surface area contributed by atoms with E-state index in [1.165, 1.54) is 17.4 Å². The van der Waals surface area contributed by atoms with Crippen LogP contribution < -0.4 is 10.6 Å². The summed E-state index contributed by atoms with van der Waals surface area (Å²) in [6.07, 6.45) is 5.17. The Balaban J connectivity index is 1.64. The normalized spacial score (nSPS) is 15.6. The fourth-order valence-corrected chi connectivity index (χ4v) is 5.03. The number of ether oxygens (including phenoxy) is 1. The van der Waals surface area contributed by atoms with Gasteiger partial charge in [0, 0.05) is 17.5 Å². The molecule has 0 spiro atoms. The highest BCUT2D eigenvalue weighted by atomic mass is 32.1. The Morgan fingerprint density at radius 2 is 2.32 bits per heavy atom. The number of nitriles is 1. The van der Waals surface area contributed by atoms with Crippen LogP contribution >= 0.6 is 22.7 Å². The maximum Gasteiger partial charge on any atom is 0.407 e. The van der Waals surface area contributed by atoms with Crippen molar-refractivity contribution in [3.05, 3.63) is 44.5 Å². The summed E-state index contributed by atoms with van der Waals surface area (Å²) >= 11 is 3.01. The van der Waals surface area contributed by atoms with Crippen LogP contribution in [0.5, 0.6) is 0 Å². The second-order valence-electron chi connectivity index (χ2n) is 6.44. The molecule has 2 aromatic heterocycles. The molecule has 6 nitrogen and oxygen atoms in total. The van der Waals surface area contributed by atoms with Gasteiger partial charge in [0.05, 0.1) is 12.2 Å². The minimum absolute atomic E-state index is 0.224. The molecule has 0 aliphatic heterocycles. The van der Waals surface area contributed by atoms with E-state index in [2.05, 4.69) is 16.7 Å². The Labute approximate surface area is 171 Å². The Morgan fingerprint density at radius 3 is 3.04 bits per heavy atom. The van der Waals surface area contributed by atoms with Gasteiger partial charge in [-0.3, -0.25) is 4.79 Å². The summed E-state index contributed by atoms with van der Waals surface area (Å²) in [5.74, 6) is -0.0280. The standard InChI is InChI=1S/C20H21N3O3S2/c1-2-22-20(25)26-11-14-3-5-15-16(10-21)19(28-17(15)9-14)23-18(24)6-4-13-7-8-27-12-13/h4,6-8,12,14H,2-3,5,9,11H2,1H3,(H,22,25)(H,23,24). The van der Waals surface area contributed by atoms with Gasteiger partial charge < -0.3 is 15.4 Å². The lowest BCUT2D eigenvalue weighted by atomic mass is 9.88. The SMILES string of the molecule is CCNC(=O)OCC1CCc2c(sc(NC(=O)C=Cc3ccsc3)c2C#N)C1. The molecule has 1 aliphatic rings. The number of hydrogen-bond acceptors (Lipinski definition) is 6. The molecule has 0 saturated heterocycles. The summed E-state index contributed by atoms with van der Waals surface area (Å²) in [6.45, 7) is 2.73. The molecule has 2 amide bonds. The lowest BCUT2D eigenvalue weighted by molar-refractivity contribution is -0.111. The number of carbonyl (C=O) groups excluding carboxylic acids is 2. The Kier molecular flexibility index (Phi) is 6.85.